The highest BCUT2D eigenvalue weighted by atomic mass is 127. The van der Waals surface area contributed by atoms with Crippen LogP contribution in [0.25, 0.3) is 0 Å². The molecule has 2 N–H and O–H groups in total. The number of nitrogens with one attached hydrogen (secondary N) is 2. The molecule has 22 heavy (non-hydrogen) atoms. The van der Waals surface area contributed by atoms with Crippen LogP contribution in [0.3, 0.4) is 0 Å². The van der Waals surface area contributed by atoms with Gasteiger partial charge in [0.05, 0.1) is 24.0 Å². The molecule has 0 aliphatic carbocycles. The molecule has 0 radical (unpaired) electrons. The zero-order chi connectivity index (χ0) is 16.1. The molecule has 1 aromatic heterocycles. The Morgan fingerprint density at radius 2 is 2.14 bits per heavy atom. The van der Waals surface area contributed by atoms with Crippen molar-refractivity contribution in [2.45, 2.75) is 6.92 Å². The van der Waals surface area contributed by atoms with E-state index >= 15 is 0 Å². The summed E-state index contributed by atoms with van der Waals surface area (Å²) in [5.74, 6) is 0.886. The van der Waals surface area contributed by atoms with Crippen molar-refractivity contribution in [2.24, 2.45) is 5.10 Å². The van der Waals surface area contributed by atoms with Gasteiger partial charge in [0.15, 0.2) is 17.2 Å². The highest BCUT2D eigenvalue weighted by molar-refractivity contribution is 14.1. The Bertz CT molecular complexity index is 712. The van der Waals surface area contributed by atoms with E-state index in [4.69, 9.17) is 9.47 Å². The Kier molecular flexibility index (Phi) is 5.36. The second-order valence-corrected chi connectivity index (χ2v) is 5.54. The molecule has 0 unspecified atom stereocenters. The first-order valence-electron chi connectivity index (χ1n) is 6.32. The molecule has 0 bridgehead atoms. The number of hydrogen-bond acceptors (Lipinski definition) is 5. The van der Waals surface area contributed by atoms with Gasteiger partial charge in [0.1, 0.15) is 0 Å². The van der Waals surface area contributed by atoms with Gasteiger partial charge in [0.25, 0.3) is 5.91 Å². The third kappa shape index (κ3) is 3.75. The normalized spacial score (nSPS) is 10.7. The van der Waals surface area contributed by atoms with Gasteiger partial charge in [-0.3, -0.25) is 9.89 Å². The van der Waals surface area contributed by atoms with Crippen molar-refractivity contribution >= 4 is 34.7 Å². The summed E-state index contributed by atoms with van der Waals surface area (Å²) < 4.78 is 11.4. The fourth-order valence-electron chi connectivity index (χ4n) is 1.77. The topological polar surface area (TPSA) is 88.6 Å². The molecule has 1 aromatic carbocycles. The van der Waals surface area contributed by atoms with Crippen molar-refractivity contribution in [2.75, 3.05) is 14.2 Å². The molecule has 2 rings (SSSR count). The fourth-order valence-corrected chi connectivity index (χ4v) is 2.62. The van der Waals surface area contributed by atoms with Gasteiger partial charge >= 0.3 is 0 Å². The predicted molar refractivity (Wildman–Crippen MR) is 90.6 cm³/mol. The van der Waals surface area contributed by atoms with E-state index in [0.717, 1.165) is 14.8 Å². The van der Waals surface area contributed by atoms with Crippen LogP contribution in [0.1, 0.15) is 21.7 Å². The molecule has 0 saturated heterocycles. The van der Waals surface area contributed by atoms with Crippen molar-refractivity contribution in [3.8, 4) is 11.5 Å². The van der Waals surface area contributed by atoms with E-state index in [1.54, 1.807) is 26.4 Å². The van der Waals surface area contributed by atoms with Crippen LogP contribution >= 0.6 is 22.6 Å². The predicted octanol–water partition coefficient (Wildman–Crippen LogP) is 2.10. The SMILES string of the molecule is COc1cc(C=NNC(=O)c2cc(C)[nH]n2)cc(I)c1OC. The van der Waals surface area contributed by atoms with Crippen LogP contribution in [0.15, 0.2) is 23.3 Å². The number of rotatable bonds is 5. The summed E-state index contributed by atoms with van der Waals surface area (Å²) in [5.41, 5.74) is 4.30. The first-order chi connectivity index (χ1) is 10.5. The number of amides is 1. The van der Waals surface area contributed by atoms with E-state index in [9.17, 15) is 4.79 Å². The second-order valence-electron chi connectivity index (χ2n) is 4.37. The fraction of sp³-hybridized carbons (Fsp3) is 0.214. The third-order valence-electron chi connectivity index (χ3n) is 2.77. The van der Waals surface area contributed by atoms with Crippen LogP contribution in [0.5, 0.6) is 11.5 Å². The number of ether oxygens (including phenoxy) is 2. The summed E-state index contributed by atoms with van der Waals surface area (Å²) in [6.07, 6.45) is 1.53. The van der Waals surface area contributed by atoms with Gasteiger partial charge in [0.2, 0.25) is 0 Å². The van der Waals surface area contributed by atoms with E-state index < -0.39 is 0 Å². The van der Waals surface area contributed by atoms with Gasteiger partial charge in [-0.05, 0) is 53.3 Å². The van der Waals surface area contributed by atoms with E-state index in [1.807, 2.05) is 13.0 Å². The highest BCUT2D eigenvalue weighted by Crippen LogP contribution is 2.32. The summed E-state index contributed by atoms with van der Waals surface area (Å²) in [5, 5.41) is 10.5. The molecule has 0 spiro atoms. The lowest BCUT2D eigenvalue weighted by Gasteiger charge is -2.10. The second kappa shape index (κ2) is 7.25. The van der Waals surface area contributed by atoms with Crippen molar-refractivity contribution < 1.29 is 14.3 Å². The minimum Gasteiger partial charge on any atom is -0.493 e. The smallest absolute Gasteiger partial charge is 0.291 e. The van der Waals surface area contributed by atoms with Crippen LogP contribution in [0.4, 0.5) is 0 Å². The molecule has 7 nitrogen and oxygen atoms in total. The number of aryl methyl sites for hydroxylation is 1. The number of nitrogens with zero attached hydrogens (tertiary/aromatic N) is 2. The van der Waals surface area contributed by atoms with Crippen molar-refractivity contribution in [1.29, 1.82) is 0 Å². The number of carbonyl (C=O) groups is 1. The number of halogens is 1. The van der Waals surface area contributed by atoms with Gasteiger partial charge < -0.3 is 9.47 Å². The summed E-state index contributed by atoms with van der Waals surface area (Å²) >= 11 is 2.14. The van der Waals surface area contributed by atoms with E-state index in [0.29, 0.717) is 11.5 Å². The van der Waals surface area contributed by atoms with Crippen LogP contribution in [-0.4, -0.2) is 36.5 Å². The molecular weight excluding hydrogens is 399 g/mol. The van der Waals surface area contributed by atoms with E-state index in [2.05, 4.69) is 43.3 Å². The Labute approximate surface area is 141 Å². The third-order valence-corrected chi connectivity index (χ3v) is 3.58. The molecule has 0 fully saturated rings. The molecule has 8 heteroatoms. The van der Waals surface area contributed by atoms with E-state index in [-0.39, 0.29) is 11.6 Å². The zero-order valence-corrected chi connectivity index (χ0v) is 14.5. The zero-order valence-electron chi connectivity index (χ0n) is 12.3. The average molecular weight is 414 g/mol. The number of H-pyrrole nitrogens is 1. The number of benzene rings is 1. The molecule has 116 valence electrons. The lowest BCUT2D eigenvalue weighted by Crippen LogP contribution is -2.18. The van der Waals surface area contributed by atoms with Crippen LogP contribution in [0.2, 0.25) is 0 Å². The molecule has 1 amide bonds. The Morgan fingerprint density at radius 1 is 1.36 bits per heavy atom. The summed E-state index contributed by atoms with van der Waals surface area (Å²) in [4.78, 5) is 11.8. The molecule has 0 atom stereocenters. The van der Waals surface area contributed by atoms with Gasteiger partial charge in [-0.15, -0.1) is 0 Å². The molecule has 2 aromatic rings. The maximum absolute atomic E-state index is 11.8. The maximum atomic E-state index is 11.8. The van der Waals surface area contributed by atoms with E-state index in [1.165, 1.54) is 6.21 Å². The van der Waals surface area contributed by atoms with Gasteiger partial charge in [-0.25, -0.2) is 5.43 Å². The number of aromatic nitrogens is 2. The van der Waals surface area contributed by atoms with Gasteiger partial charge in [0, 0.05) is 5.69 Å². The van der Waals surface area contributed by atoms with Crippen molar-refractivity contribution in [3.05, 3.63) is 38.7 Å². The molecular formula is C14H15IN4O3. The quantitative estimate of drug-likeness (QED) is 0.446. The largest absolute Gasteiger partial charge is 0.493 e. The van der Waals surface area contributed by atoms with Gasteiger partial charge in [-0.2, -0.15) is 10.2 Å². The lowest BCUT2D eigenvalue weighted by atomic mass is 10.2. The number of hydrogen-bond donors (Lipinski definition) is 2. The van der Waals surface area contributed by atoms with Crippen molar-refractivity contribution in [1.82, 2.24) is 15.6 Å². The molecule has 0 aliphatic heterocycles. The standard InChI is InChI=1S/C14H15IN4O3/c1-8-4-11(18-17-8)14(20)19-16-7-9-5-10(15)13(22-3)12(6-9)21-2/h4-7H,1-3H3,(H,17,18)(H,19,20). The van der Waals surface area contributed by atoms with Crippen LogP contribution < -0.4 is 14.9 Å². The number of carbonyl (C=O) groups excluding carboxylic acids is 1. The average Bonchev–Trinajstić information content (AvgIpc) is 2.93. The molecule has 0 aliphatic rings. The van der Waals surface area contributed by atoms with Crippen LogP contribution in [-0.2, 0) is 0 Å². The number of methoxy groups -OCH3 is 2. The highest BCUT2D eigenvalue weighted by Gasteiger charge is 2.10. The lowest BCUT2D eigenvalue weighted by molar-refractivity contribution is 0.0950. The van der Waals surface area contributed by atoms with Crippen LogP contribution in [0, 0.1) is 10.5 Å². The molecule has 1 heterocycles. The Balaban J connectivity index is 2.10. The Morgan fingerprint density at radius 3 is 2.73 bits per heavy atom. The summed E-state index contributed by atoms with van der Waals surface area (Å²) in [6.45, 7) is 1.82. The molecule has 0 saturated carbocycles. The first-order valence-corrected chi connectivity index (χ1v) is 7.40. The van der Waals surface area contributed by atoms with Crippen molar-refractivity contribution in [3.63, 3.8) is 0 Å². The minimum atomic E-state index is -0.379. The summed E-state index contributed by atoms with van der Waals surface area (Å²) in [6, 6.07) is 5.29. The van der Waals surface area contributed by atoms with Gasteiger partial charge in [-0.1, -0.05) is 0 Å². The number of hydrazone groups is 1. The minimum absolute atomic E-state index is 0.288. The maximum Gasteiger partial charge on any atom is 0.291 e. The number of aromatic amines is 1. The monoisotopic (exact) mass is 414 g/mol. The first kappa shape index (κ1) is 16.3. The summed E-state index contributed by atoms with van der Waals surface area (Å²) in [7, 11) is 3.15. The Hall–Kier alpha value is -2.10.